The Morgan fingerprint density at radius 2 is 2.09 bits per heavy atom. The number of rotatable bonds is 4. The van der Waals surface area contributed by atoms with Crippen molar-refractivity contribution >= 4 is 11.6 Å². The number of H-pyrrole nitrogens is 1. The van der Waals surface area contributed by atoms with Crippen LogP contribution >= 0.6 is 0 Å². The third kappa shape index (κ3) is 2.86. The maximum absolute atomic E-state index is 12.0. The summed E-state index contributed by atoms with van der Waals surface area (Å²) in [5.74, 6) is 0.811. The third-order valence-electron chi connectivity index (χ3n) is 2.99. The first-order valence-electron chi connectivity index (χ1n) is 6.50. The molecule has 7 nitrogen and oxygen atoms in total. The van der Waals surface area contributed by atoms with Gasteiger partial charge in [-0.25, -0.2) is 0 Å². The molecule has 0 saturated carbocycles. The Balaban J connectivity index is 1.83. The van der Waals surface area contributed by atoms with Crippen LogP contribution in [0.15, 0.2) is 51.9 Å². The molecule has 3 aromatic rings. The Hall–Kier alpha value is -3.40. The number of nitriles is 1. The topological polar surface area (TPSA) is 108 Å². The summed E-state index contributed by atoms with van der Waals surface area (Å²) < 4.78 is 5.18. The van der Waals surface area contributed by atoms with Crippen molar-refractivity contribution < 1.29 is 4.42 Å². The number of aromatic nitrogens is 3. The van der Waals surface area contributed by atoms with Crippen LogP contribution in [0.5, 0.6) is 0 Å². The molecule has 0 bridgehead atoms. The number of hydrogen-bond donors (Lipinski definition) is 2. The lowest BCUT2D eigenvalue weighted by Crippen LogP contribution is -2.18. The lowest BCUT2D eigenvalue weighted by molar-refractivity contribution is 0.517. The Morgan fingerprint density at radius 1 is 1.23 bits per heavy atom. The van der Waals surface area contributed by atoms with Gasteiger partial charge in [0, 0.05) is 0 Å². The first-order chi connectivity index (χ1) is 10.8. The zero-order valence-corrected chi connectivity index (χ0v) is 11.4. The number of furan rings is 1. The van der Waals surface area contributed by atoms with Gasteiger partial charge in [-0.05, 0) is 24.3 Å². The number of anilines is 2. The zero-order chi connectivity index (χ0) is 15.4. The van der Waals surface area contributed by atoms with Gasteiger partial charge >= 0.3 is 0 Å². The van der Waals surface area contributed by atoms with Gasteiger partial charge in [-0.2, -0.15) is 5.26 Å². The molecule has 7 heteroatoms. The molecular weight excluding hydrogens is 282 g/mol. The average Bonchev–Trinajstić information content (AvgIpc) is 3.04. The second kappa shape index (κ2) is 5.93. The van der Waals surface area contributed by atoms with Gasteiger partial charge in [-0.3, -0.25) is 9.78 Å². The van der Waals surface area contributed by atoms with E-state index in [0.29, 0.717) is 17.0 Å². The van der Waals surface area contributed by atoms with E-state index in [2.05, 4.69) is 26.6 Å². The maximum atomic E-state index is 12.0. The molecule has 108 valence electrons. The summed E-state index contributed by atoms with van der Waals surface area (Å²) in [4.78, 5) is 14.6. The van der Waals surface area contributed by atoms with E-state index in [1.54, 1.807) is 36.4 Å². The SMILES string of the molecule is N#Cc1ccccc1Nc1nnc(Cc2ccco2)c(=O)[nH]1. The number of para-hydroxylation sites is 1. The summed E-state index contributed by atoms with van der Waals surface area (Å²) in [6.07, 6.45) is 1.80. The average molecular weight is 293 g/mol. The smallest absolute Gasteiger partial charge is 0.274 e. The normalized spacial score (nSPS) is 10.1. The first-order valence-corrected chi connectivity index (χ1v) is 6.50. The molecule has 0 atom stereocenters. The van der Waals surface area contributed by atoms with Gasteiger partial charge < -0.3 is 9.73 Å². The Morgan fingerprint density at radius 3 is 2.82 bits per heavy atom. The van der Waals surface area contributed by atoms with Crippen molar-refractivity contribution in [2.75, 3.05) is 5.32 Å². The summed E-state index contributed by atoms with van der Waals surface area (Å²) in [5.41, 5.74) is 0.899. The predicted octanol–water partition coefficient (Wildman–Crippen LogP) is 1.96. The number of benzene rings is 1. The van der Waals surface area contributed by atoms with E-state index in [4.69, 9.17) is 9.68 Å². The van der Waals surface area contributed by atoms with Crippen molar-refractivity contribution in [1.29, 1.82) is 5.26 Å². The largest absolute Gasteiger partial charge is 0.469 e. The molecule has 0 spiro atoms. The van der Waals surface area contributed by atoms with Gasteiger partial charge in [-0.1, -0.05) is 12.1 Å². The number of hydrogen-bond acceptors (Lipinski definition) is 6. The van der Waals surface area contributed by atoms with Crippen molar-refractivity contribution in [1.82, 2.24) is 15.2 Å². The van der Waals surface area contributed by atoms with Crippen LogP contribution in [-0.2, 0) is 6.42 Å². The molecule has 0 saturated heterocycles. The highest BCUT2D eigenvalue weighted by atomic mass is 16.3. The van der Waals surface area contributed by atoms with E-state index < -0.39 is 0 Å². The van der Waals surface area contributed by atoms with Crippen LogP contribution in [0.25, 0.3) is 0 Å². The molecule has 0 aliphatic rings. The van der Waals surface area contributed by atoms with E-state index in [-0.39, 0.29) is 23.6 Å². The molecular formula is C15H11N5O2. The summed E-state index contributed by atoms with van der Waals surface area (Å²) in [7, 11) is 0. The quantitative estimate of drug-likeness (QED) is 0.761. The fourth-order valence-electron chi connectivity index (χ4n) is 1.93. The number of nitrogens with zero attached hydrogens (tertiary/aromatic N) is 3. The summed E-state index contributed by atoms with van der Waals surface area (Å²) in [6, 6.07) is 12.5. The minimum absolute atomic E-state index is 0.177. The van der Waals surface area contributed by atoms with Crippen LogP contribution in [0, 0.1) is 11.3 Å². The second-order valence-electron chi connectivity index (χ2n) is 4.49. The number of nitrogens with one attached hydrogen (secondary N) is 2. The first kappa shape index (κ1) is 13.6. The molecule has 2 heterocycles. The molecule has 2 N–H and O–H groups in total. The molecule has 0 aliphatic heterocycles. The third-order valence-corrected chi connectivity index (χ3v) is 2.99. The molecule has 0 unspecified atom stereocenters. The fourth-order valence-corrected chi connectivity index (χ4v) is 1.93. The highest BCUT2D eigenvalue weighted by Gasteiger charge is 2.09. The monoisotopic (exact) mass is 293 g/mol. The lowest BCUT2D eigenvalue weighted by Gasteiger charge is -2.06. The Bertz CT molecular complexity index is 877. The molecule has 3 rings (SSSR count). The minimum atomic E-state index is -0.358. The van der Waals surface area contributed by atoms with Gasteiger partial charge in [0.2, 0.25) is 5.95 Å². The highest BCUT2D eigenvalue weighted by molar-refractivity contribution is 5.62. The zero-order valence-electron chi connectivity index (χ0n) is 11.4. The van der Waals surface area contributed by atoms with Gasteiger partial charge in [0.05, 0.1) is 23.9 Å². The van der Waals surface area contributed by atoms with Gasteiger partial charge in [0.25, 0.3) is 5.56 Å². The van der Waals surface area contributed by atoms with Crippen molar-refractivity contribution in [3.8, 4) is 6.07 Å². The minimum Gasteiger partial charge on any atom is -0.469 e. The van der Waals surface area contributed by atoms with Crippen LogP contribution in [0.3, 0.4) is 0 Å². The highest BCUT2D eigenvalue weighted by Crippen LogP contribution is 2.16. The van der Waals surface area contributed by atoms with E-state index in [0.717, 1.165) is 0 Å². The second-order valence-corrected chi connectivity index (χ2v) is 4.49. The van der Waals surface area contributed by atoms with Gasteiger partial charge in [-0.15, -0.1) is 10.2 Å². The lowest BCUT2D eigenvalue weighted by atomic mass is 10.2. The molecule has 1 aromatic carbocycles. The van der Waals surface area contributed by atoms with E-state index >= 15 is 0 Å². The summed E-state index contributed by atoms with van der Waals surface area (Å²) in [5, 5.41) is 19.7. The van der Waals surface area contributed by atoms with Crippen molar-refractivity contribution in [3.05, 3.63) is 70.0 Å². The fraction of sp³-hybridized carbons (Fsp3) is 0.0667. The van der Waals surface area contributed by atoms with Crippen molar-refractivity contribution in [2.45, 2.75) is 6.42 Å². The van der Waals surface area contributed by atoms with Crippen LogP contribution in [0.4, 0.5) is 11.6 Å². The van der Waals surface area contributed by atoms with Crippen LogP contribution < -0.4 is 10.9 Å². The van der Waals surface area contributed by atoms with E-state index in [9.17, 15) is 4.79 Å². The van der Waals surface area contributed by atoms with Gasteiger partial charge in [0.15, 0.2) is 0 Å². The van der Waals surface area contributed by atoms with Crippen molar-refractivity contribution in [2.24, 2.45) is 0 Å². The van der Waals surface area contributed by atoms with Crippen LogP contribution in [-0.4, -0.2) is 15.2 Å². The molecule has 0 aliphatic carbocycles. The van der Waals surface area contributed by atoms with Crippen LogP contribution in [0.2, 0.25) is 0 Å². The van der Waals surface area contributed by atoms with E-state index in [1.165, 1.54) is 6.26 Å². The molecule has 0 amide bonds. The summed E-state index contributed by atoms with van der Waals surface area (Å²) in [6.45, 7) is 0. The number of aromatic amines is 1. The molecule has 2 aromatic heterocycles. The van der Waals surface area contributed by atoms with Crippen LogP contribution in [0.1, 0.15) is 17.0 Å². The van der Waals surface area contributed by atoms with E-state index in [1.807, 2.05) is 0 Å². The van der Waals surface area contributed by atoms with Crippen molar-refractivity contribution in [3.63, 3.8) is 0 Å². The van der Waals surface area contributed by atoms with Gasteiger partial charge in [0.1, 0.15) is 17.5 Å². The Kier molecular flexibility index (Phi) is 3.66. The molecule has 22 heavy (non-hydrogen) atoms. The Labute approximate surface area is 125 Å². The predicted molar refractivity (Wildman–Crippen MR) is 78.6 cm³/mol. The standard InChI is InChI=1S/C15H11N5O2/c16-9-10-4-1-2-6-12(10)17-15-18-14(21)13(19-20-15)8-11-5-3-7-22-11/h1-7H,8H2,(H2,17,18,20,21). The molecule has 0 fully saturated rings. The summed E-state index contributed by atoms with van der Waals surface area (Å²) >= 11 is 0. The maximum Gasteiger partial charge on any atom is 0.274 e. The molecule has 0 radical (unpaired) electrons.